The van der Waals surface area contributed by atoms with Crippen molar-refractivity contribution in [1.29, 1.82) is 0 Å². The number of methoxy groups -OCH3 is 1. The summed E-state index contributed by atoms with van der Waals surface area (Å²) in [6.45, 7) is 2.84. The second-order valence-corrected chi connectivity index (χ2v) is 10.1. The normalized spacial score (nSPS) is 16.3. The minimum Gasteiger partial charge on any atom is -0.497 e. The Bertz CT molecular complexity index is 1230. The quantitative estimate of drug-likeness (QED) is 0.318. The summed E-state index contributed by atoms with van der Waals surface area (Å²) in [5, 5.41) is 10.6. The summed E-state index contributed by atoms with van der Waals surface area (Å²) in [4.78, 5) is 19.8. The number of aliphatic hydroxyl groups is 1. The molecule has 4 rings (SSSR count). The van der Waals surface area contributed by atoms with Crippen LogP contribution >= 0.6 is 0 Å². The number of aliphatic imine (C=N–C) groups is 1. The van der Waals surface area contributed by atoms with E-state index in [9.17, 15) is 9.90 Å². The van der Waals surface area contributed by atoms with Gasteiger partial charge in [-0.15, -0.1) is 0 Å². The van der Waals surface area contributed by atoms with E-state index in [-0.39, 0.29) is 25.3 Å². The second kappa shape index (κ2) is 13.9. The SMILES string of the molecule is COc1ccc2c(c1)CCC2N(CCC(C)=NC[C@@H](O)[C@@H](N)Cc1ccccc1)C(=O)OCc1ccccc1. The predicted octanol–water partition coefficient (Wildman–Crippen LogP) is 5.10. The van der Waals surface area contributed by atoms with E-state index in [0.717, 1.165) is 41.0 Å². The number of benzene rings is 3. The van der Waals surface area contributed by atoms with Gasteiger partial charge in [-0.2, -0.15) is 0 Å². The Morgan fingerprint density at radius 2 is 1.77 bits per heavy atom. The number of rotatable bonds is 12. The van der Waals surface area contributed by atoms with Gasteiger partial charge in [0, 0.05) is 24.7 Å². The first-order chi connectivity index (χ1) is 18.9. The van der Waals surface area contributed by atoms with Crippen molar-refractivity contribution in [3.63, 3.8) is 0 Å². The van der Waals surface area contributed by atoms with Gasteiger partial charge < -0.3 is 25.2 Å². The van der Waals surface area contributed by atoms with Gasteiger partial charge in [0.05, 0.1) is 25.8 Å². The first kappa shape index (κ1) is 28.3. The van der Waals surface area contributed by atoms with E-state index < -0.39 is 12.1 Å². The van der Waals surface area contributed by atoms with Gasteiger partial charge in [-0.1, -0.05) is 66.7 Å². The summed E-state index contributed by atoms with van der Waals surface area (Å²) in [6, 6.07) is 25.2. The van der Waals surface area contributed by atoms with Gasteiger partial charge in [-0.05, 0) is 60.6 Å². The lowest BCUT2D eigenvalue weighted by atomic mass is 10.0. The van der Waals surface area contributed by atoms with Crippen molar-refractivity contribution in [3.8, 4) is 5.75 Å². The Morgan fingerprint density at radius 3 is 2.46 bits per heavy atom. The first-order valence-corrected chi connectivity index (χ1v) is 13.6. The maximum atomic E-state index is 13.4. The van der Waals surface area contributed by atoms with Crippen LogP contribution in [0.4, 0.5) is 4.79 Å². The molecule has 0 bridgehead atoms. The van der Waals surface area contributed by atoms with E-state index >= 15 is 0 Å². The highest BCUT2D eigenvalue weighted by atomic mass is 16.6. The summed E-state index contributed by atoms with van der Waals surface area (Å²) in [7, 11) is 1.66. The fourth-order valence-corrected chi connectivity index (χ4v) is 4.97. The van der Waals surface area contributed by atoms with Crippen LogP contribution < -0.4 is 10.5 Å². The molecule has 39 heavy (non-hydrogen) atoms. The molecule has 0 spiro atoms. The molecular weight excluding hydrogens is 490 g/mol. The van der Waals surface area contributed by atoms with Crippen LogP contribution in [0, 0.1) is 0 Å². The molecule has 3 atom stereocenters. The molecule has 206 valence electrons. The highest BCUT2D eigenvalue weighted by Gasteiger charge is 2.32. The molecule has 7 heteroatoms. The molecule has 7 nitrogen and oxygen atoms in total. The zero-order valence-electron chi connectivity index (χ0n) is 22.8. The Labute approximate surface area is 231 Å². The summed E-state index contributed by atoms with van der Waals surface area (Å²) < 4.78 is 11.1. The number of fused-ring (bicyclic) bond motifs is 1. The number of amides is 1. The van der Waals surface area contributed by atoms with Gasteiger partial charge >= 0.3 is 6.09 Å². The number of nitrogens with two attached hydrogens (primary N) is 1. The number of hydrogen-bond acceptors (Lipinski definition) is 6. The number of hydrogen-bond donors (Lipinski definition) is 2. The first-order valence-electron chi connectivity index (χ1n) is 13.6. The molecule has 0 aliphatic heterocycles. The molecular formula is C32H39N3O4. The second-order valence-electron chi connectivity index (χ2n) is 10.1. The number of nitrogens with zero attached hydrogens (tertiary/aromatic N) is 2. The molecule has 3 aromatic carbocycles. The van der Waals surface area contributed by atoms with Gasteiger partial charge in [0.25, 0.3) is 0 Å². The number of carbonyl (C=O) groups excluding carboxylic acids is 1. The Kier molecular flexibility index (Phi) is 10.1. The van der Waals surface area contributed by atoms with E-state index in [0.29, 0.717) is 19.4 Å². The molecule has 0 radical (unpaired) electrons. The number of aryl methyl sites for hydroxylation is 1. The molecule has 3 N–H and O–H groups in total. The van der Waals surface area contributed by atoms with Gasteiger partial charge in [0.2, 0.25) is 0 Å². The van der Waals surface area contributed by atoms with Crippen molar-refractivity contribution >= 4 is 11.8 Å². The molecule has 0 fully saturated rings. The number of carbonyl (C=O) groups is 1. The van der Waals surface area contributed by atoms with Crippen molar-refractivity contribution < 1.29 is 19.4 Å². The highest BCUT2D eigenvalue weighted by molar-refractivity contribution is 5.82. The average molecular weight is 530 g/mol. The summed E-state index contributed by atoms with van der Waals surface area (Å²) >= 11 is 0. The van der Waals surface area contributed by atoms with Gasteiger partial charge in [-0.3, -0.25) is 4.99 Å². The van der Waals surface area contributed by atoms with Crippen LogP contribution in [-0.2, 0) is 24.2 Å². The lowest BCUT2D eigenvalue weighted by molar-refractivity contribution is 0.0811. The molecule has 1 aliphatic rings. The van der Waals surface area contributed by atoms with Crippen molar-refractivity contribution in [1.82, 2.24) is 4.90 Å². The van der Waals surface area contributed by atoms with Gasteiger partial charge in [-0.25, -0.2) is 4.79 Å². The fourth-order valence-electron chi connectivity index (χ4n) is 4.97. The van der Waals surface area contributed by atoms with Crippen LogP contribution in [0.3, 0.4) is 0 Å². The molecule has 0 aromatic heterocycles. The molecule has 1 unspecified atom stereocenters. The van der Waals surface area contributed by atoms with Crippen LogP contribution in [0.2, 0.25) is 0 Å². The Morgan fingerprint density at radius 1 is 1.08 bits per heavy atom. The van der Waals surface area contributed by atoms with E-state index in [2.05, 4.69) is 17.1 Å². The average Bonchev–Trinajstić information content (AvgIpc) is 3.38. The zero-order valence-corrected chi connectivity index (χ0v) is 22.8. The number of ether oxygens (including phenoxy) is 2. The fraction of sp³-hybridized carbons (Fsp3) is 0.375. The third kappa shape index (κ3) is 7.91. The third-order valence-corrected chi connectivity index (χ3v) is 7.28. The third-order valence-electron chi connectivity index (χ3n) is 7.28. The molecule has 1 aliphatic carbocycles. The predicted molar refractivity (Wildman–Crippen MR) is 154 cm³/mol. The Hall–Kier alpha value is -3.68. The zero-order chi connectivity index (χ0) is 27.6. The summed E-state index contributed by atoms with van der Waals surface area (Å²) in [5.41, 5.74) is 11.4. The maximum Gasteiger partial charge on any atom is 0.410 e. The maximum absolute atomic E-state index is 13.4. The van der Waals surface area contributed by atoms with E-state index in [1.807, 2.05) is 78.6 Å². The monoisotopic (exact) mass is 529 g/mol. The highest BCUT2D eigenvalue weighted by Crippen LogP contribution is 2.38. The number of aliphatic hydroxyl groups excluding tert-OH is 1. The lowest BCUT2D eigenvalue weighted by Crippen LogP contribution is -2.39. The van der Waals surface area contributed by atoms with E-state index in [4.69, 9.17) is 15.2 Å². The molecule has 0 heterocycles. The van der Waals surface area contributed by atoms with Gasteiger partial charge in [0.1, 0.15) is 12.4 Å². The van der Waals surface area contributed by atoms with Crippen LogP contribution in [0.15, 0.2) is 83.9 Å². The van der Waals surface area contributed by atoms with Crippen LogP contribution in [0.1, 0.15) is 48.1 Å². The van der Waals surface area contributed by atoms with Crippen molar-refractivity contribution in [2.45, 2.75) is 57.4 Å². The topological polar surface area (TPSA) is 97.4 Å². The van der Waals surface area contributed by atoms with Crippen LogP contribution in [0.5, 0.6) is 5.75 Å². The van der Waals surface area contributed by atoms with Crippen LogP contribution in [0.25, 0.3) is 0 Å². The van der Waals surface area contributed by atoms with E-state index in [1.54, 1.807) is 7.11 Å². The van der Waals surface area contributed by atoms with Crippen molar-refractivity contribution in [2.75, 3.05) is 20.2 Å². The minimum atomic E-state index is -0.746. The largest absolute Gasteiger partial charge is 0.497 e. The standard InChI is InChI=1S/C32H39N3O4/c1-23(34-21-31(36)29(33)19-24-9-5-3-6-10-24)17-18-35(32(37)39-22-25-11-7-4-8-12-25)30-16-13-26-20-27(38-2)14-15-28(26)30/h3-12,14-15,20,29-31,36H,13,16-19,21-22,33H2,1-2H3/t29-,30?,31+/m0/s1. The van der Waals surface area contributed by atoms with Crippen molar-refractivity contribution in [2.24, 2.45) is 10.7 Å². The molecule has 0 saturated heterocycles. The molecule has 1 amide bonds. The summed E-state index contributed by atoms with van der Waals surface area (Å²) in [6.07, 6.45) is 1.77. The van der Waals surface area contributed by atoms with Crippen molar-refractivity contribution in [3.05, 3.63) is 101 Å². The Balaban J connectivity index is 1.40. The summed E-state index contributed by atoms with van der Waals surface area (Å²) in [5.74, 6) is 0.819. The van der Waals surface area contributed by atoms with Gasteiger partial charge in [0.15, 0.2) is 0 Å². The van der Waals surface area contributed by atoms with Crippen LogP contribution in [-0.4, -0.2) is 54.2 Å². The lowest BCUT2D eigenvalue weighted by Gasteiger charge is -2.29. The molecule has 0 saturated carbocycles. The molecule has 3 aromatic rings. The minimum absolute atomic E-state index is 0.0770. The van der Waals surface area contributed by atoms with E-state index in [1.165, 1.54) is 5.56 Å². The smallest absolute Gasteiger partial charge is 0.410 e.